The Hall–Kier alpha value is -2.17. The van der Waals surface area contributed by atoms with Crippen LogP contribution in [0.1, 0.15) is 41.0 Å². The molecule has 2 heterocycles. The van der Waals surface area contributed by atoms with Gasteiger partial charge in [-0.1, -0.05) is 59.7 Å². The molecule has 0 N–H and O–H groups in total. The van der Waals surface area contributed by atoms with E-state index in [1.54, 1.807) is 5.06 Å². The fraction of sp³-hybridized carbons (Fsp3) is 0.435. The van der Waals surface area contributed by atoms with Gasteiger partial charge in [0.1, 0.15) is 6.04 Å². The van der Waals surface area contributed by atoms with Gasteiger partial charge < -0.3 is 0 Å². The first kappa shape index (κ1) is 18.2. The van der Waals surface area contributed by atoms with Gasteiger partial charge in [-0.15, -0.1) is 0 Å². The van der Waals surface area contributed by atoms with Gasteiger partial charge in [0.15, 0.2) is 0 Å². The van der Waals surface area contributed by atoms with Crippen LogP contribution in [0.25, 0.3) is 0 Å². The van der Waals surface area contributed by atoms with Gasteiger partial charge in [-0.2, -0.15) is 0 Å². The average molecular weight is 364 g/mol. The third-order valence-corrected chi connectivity index (χ3v) is 5.88. The minimum absolute atomic E-state index is 0.101. The van der Waals surface area contributed by atoms with Crippen LogP contribution in [-0.2, 0) is 16.2 Å². The Kier molecular flexibility index (Phi) is 5.28. The van der Waals surface area contributed by atoms with Gasteiger partial charge in [-0.3, -0.25) is 14.5 Å². The van der Waals surface area contributed by atoms with E-state index < -0.39 is 0 Å². The van der Waals surface area contributed by atoms with Crippen LogP contribution in [0.3, 0.4) is 0 Å². The molecular formula is C23H28N2O2. The van der Waals surface area contributed by atoms with Crippen molar-refractivity contribution >= 4 is 5.91 Å². The van der Waals surface area contributed by atoms with Gasteiger partial charge in [0.2, 0.25) is 0 Å². The molecule has 1 amide bonds. The van der Waals surface area contributed by atoms with Crippen LogP contribution in [0.4, 0.5) is 0 Å². The summed E-state index contributed by atoms with van der Waals surface area (Å²) in [6.07, 6.45) is 2.20. The molecule has 1 unspecified atom stereocenters. The van der Waals surface area contributed by atoms with Crippen molar-refractivity contribution in [2.45, 2.75) is 45.2 Å². The molecule has 2 aliphatic heterocycles. The largest absolute Gasteiger partial charge is 0.290 e. The standard InChI is InChI=1S/C23H28N2O2/c1-17-3-7-19(8-4-17)15-25-23(26)22(16-27-25)24-13-11-21(12-14-24)20-9-5-18(2)6-10-20/h3-10,21-22H,11-16H2,1-2H3. The van der Waals surface area contributed by atoms with E-state index in [1.807, 2.05) is 0 Å². The van der Waals surface area contributed by atoms with Crippen LogP contribution >= 0.6 is 0 Å². The predicted molar refractivity (Wildman–Crippen MR) is 106 cm³/mol. The topological polar surface area (TPSA) is 32.8 Å². The molecule has 1 atom stereocenters. The minimum Gasteiger partial charge on any atom is -0.290 e. The molecule has 2 saturated heterocycles. The number of amides is 1. The lowest BCUT2D eigenvalue weighted by Crippen LogP contribution is -2.46. The van der Waals surface area contributed by atoms with E-state index in [1.165, 1.54) is 16.7 Å². The van der Waals surface area contributed by atoms with Crippen LogP contribution < -0.4 is 0 Å². The second-order valence-corrected chi connectivity index (χ2v) is 7.89. The van der Waals surface area contributed by atoms with Gasteiger partial charge in [0.25, 0.3) is 5.91 Å². The fourth-order valence-corrected chi connectivity index (χ4v) is 4.09. The maximum atomic E-state index is 12.8. The summed E-state index contributed by atoms with van der Waals surface area (Å²) >= 11 is 0. The molecule has 0 aliphatic carbocycles. The SMILES string of the molecule is Cc1ccc(CN2OCC(N3CCC(c4ccc(C)cc4)CC3)C2=O)cc1. The van der Waals surface area contributed by atoms with E-state index >= 15 is 0 Å². The zero-order chi connectivity index (χ0) is 18.8. The highest BCUT2D eigenvalue weighted by atomic mass is 16.7. The highest BCUT2D eigenvalue weighted by molar-refractivity contribution is 5.82. The maximum Gasteiger partial charge on any atom is 0.266 e. The molecule has 2 fully saturated rings. The van der Waals surface area contributed by atoms with Gasteiger partial charge in [-0.25, -0.2) is 5.06 Å². The number of benzene rings is 2. The summed E-state index contributed by atoms with van der Waals surface area (Å²) in [5.74, 6) is 0.701. The van der Waals surface area contributed by atoms with Crippen molar-refractivity contribution in [3.8, 4) is 0 Å². The fourth-order valence-electron chi connectivity index (χ4n) is 4.09. The molecule has 2 aromatic carbocycles. The molecule has 2 aliphatic rings. The number of carbonyl (C=O) groups excluding carboxylic acids is 1. The Labute approximate surface area is 161 Å². The Morgan fingerprint density at radius 1 is 0.926 bits per heavy atom. The molecule has 2 aromatic rings. The number of hydrogen-bond donors (Lipinski definition) is 0. The second kappa shape index (κ2) is 7.83. The van der Waals surface area contributed by atoms with Crippen molar-refractivity contribution in [1.82, 2.24) is 9.96 Å². The van der Waals surface area contributed by atoms with Gasteiger partial charge in [0.05, 0.1) is 13.2 Å². The molecular weight excluding hydrogens is 336 g/mol. The third-order valence-electron chi connectivity index (χ3n) is 5.88. The molecule has 142 valence electrons. The highest BCUT2D eigenvalue weighted by Crippen LogP contribution is 2.30. The second-order valence-electron chi connectivity index (χ2n) is 7.89. The number of rotatable bonds is 4. The number of hydrogen-bond acceptors (Lipinski definition) is 3. The summed E-state index contributed by atoms with van der Waals surface area (Å²) in [4.78, 5) is 20.9. The lowest BCUT2D eigenvalue weighted by Gasteiger charge is -2.34. The van der Waals surface area contributed by atoms with E-state index in [0.29, 0.717) is 19.1 Å². The average Bonchev–Trinajstić information content (AvgIpc) is 3.05. The van der Waals surface area contributed by atoms with E-state index in [2.05, 4.69) is 67.3 Å². The Balaban J connectivity index is 1.33. The predicted octanol–water partition coefficient (Wildman–Crippen LogP) is 3.83. The van der Waals surface area contributed by atoms with Crippen LogP contribution in [0.2, 0.25) is 0 Å². The number of aryl methyl sites for hydroxylation is 2. The number of likely N-dealkylation sites (tertiary alicyclic amines) is 1. The zero-order valence-electron chi connectivity index (χ0n) is 16.2. The van der Waals surface area contributed by atoms with Crippen molar-refractivity contribution in [2.24, 2.45) is 0 Å². The molecule has 0 bridgehead atoms. The minimum atomic E-state index is -0.130. The number of carbonyl (C=O) groups is 1. The van der Waals surface area contributed by atoms with Crippen molar-refractivity contribution in [3.63, 3.8) is 0 Å². The van der Waals surface area contributed by atoms with Crippen LogP contribution in [0, 0.1) is 13.8 Å². The van der Waals surface area contributed by atoms with E-state index in [0.717, 1.165) is 31.5 Å². The first-order valence-corrected chi connectivity index (χ1v) is 9.90. The van der Waals surface area contributed by atoms with Crippen molar-refractivity contribution in [3.05, 3.63) is 70.8 Å². The first-order chi connectivity index (χ1) is 13.1. The normalized spacial score (nSPS) is 21.8. The molecule has 4 nitrogen and oxygen atoms in total. The summed E-state index contributed by atoms with van der Waals surface area (Å²) in [5.41, 5.74) is 5.06. The summed E-state index contributed by atoms with van der Waals surface area (Å²) in [7, 11) is 0. The number of piperidine rings is 1. The smallest absolute Gasteiger partial charge is 0.266 e. The molecule has 4 heteroatoms. The lowest BCUT2D eigenvalue weighted by atomic mass is 9.88. The summed E-state index contributed by atoms with van der Waals surface area (Å²) < 4.78 is 0. The van der Waals surface area contributed by atoms with Crippen molar-refractivity contribution in [1.29, 1.82) is 0 Å². The molecule has 0 aromatic heterocycles. The summed E-state index contributed by atoms with van der Waals surface area (Å²) in [5, 5.41) is 1.54. The van der Waals surface area contributed by atoms with E-state index in [-0.39, 0.29) is 11.9 Å². The van der Waals surface area contributed by atoms with E-state index in [4.69, 9.17) is 4.84 Å². The Bertz CT molecular complexity index is 777. The Morgan fingerprint density at radius 3 is 2.15 bits per heavy atom. The van der Waals surface area contributed by atoms with Gasteiger partial charge in [0, 0.05) is 0 Å². The quantitative estimate of drug-likeness (QED) is 0.827. The third kappa shape index (κ3) is 4.07. The van der Waals surface area contributed by atoms with Gasteiger partial charge in [-0.05, 0) is 56.8 Å². The summed E-state index contributed by atoms with van der Waals surface area (Å²) in [6.45, 7) is 7.10. The zero-order valence-corrected chi connectivity index (χ0v) is 16.2. The van der Waals surface area contributed by atoms with Crippen molar-refractivity contribution < 1.29 is 9.63 Å². The number of hydroxylamine groups is 2. The monoisotopic (exact) mass is 364 g/mol. The molecule has 0 radical (unpaired) electrons. The molecule has 27 heavy (non-hydrogen) atoms. The van der Waals surface area contributed by atoms with Crippen LogP contribution in [0.15, 0.2) is 48.5 Å². The lowest BCUT2D eigenvalue weighted by molar-refractivity contribution is -0.164. The highest BCUT2D eigenvalue weighted by Gasteiger charge is 2.38. The van der Waals surface area contributed by atoms with Crippen molar-refractivity contribution in [2.75, 3.05) is 19.7 Å². The van der Waals surface area contributed by atoms with Crippen LogP contribution in [0.5, 0.6) is 0 Å². The Morgan fingerprint density at radius 2 is 1.52 bits per heavy atom. The van der Waals surface area contributed by atoms with Gasteiger partial charge >= 0.3 is 0 Å². The molecule has 4 rings (SSSR count). The number of nitrogens with zero attached hydrogens (tertiary/aromatic N) is 2. The van der Waals surface area contributed by atoms with Crippen LogP contribution in [-0.4, -0.2) is 41.6 Å². The molecule has 0 spiro atoms. The van der Waals surface area contributed by atoms with E-state index in [9.17, 15) is 4.79 Å². The molecule has 0 saturated carbocycles. The maximum absolute atomic E-state index is 12.8. The summed E-state index contributed by atoms with van der Waals surface area (Å²) in [6, 6.07) is 17.0. The first-order valence-electron chi connectivity index (χ1n) is 9.90.